The molecule has 0 aromatic carbocycles. The predicted octanol–water partition coefficient (Wildman–Crippen LogP) is 0.300. The molecular weight excluding hydrogens is 142 g/mol. The van der Waals surface area contributed by atoms with E-state index in [2.05, 4.69) is 5.32 Å². The van der Waals surface area contributed by atoms with Gasteiger partial charge in [0, 0.05) is 13.0 Å². The highest BCUT2D eigenvalue weighted by atomic mass is 16.5. The van der Waals surface area contributed by atoms with Crippen LogP contribution in [0.3, 0.4) is 0 Å². The van der Waals surface area contributed by atoms with E-state index in [1.807, 2.05) is 0 Å². The Morgan fingerprint density at radius 3 is 2.82 bits per heavy atom. The Morgan fingerprint density at radius 1 is 1.55 bits per heavy atom. The number of rotatable bonds is 1. The highest BCUT2D eigenvalue weighted by molar-refractivity contribution is 5.66. The number of nitrogens with one attached hydrogen (secondary N) is 1. The molecule has 2 fully saturated rings. The summed E-state index contributed by atoms with van der Waals surface area (Å²) in [6.45, 7) is 2.59. The molecule has 3 atom stereocenters. The highest BCUT2D eigenvalue weighted by Gasteiger charge is 2.41. The number of ether oxygens (including phenoxy) is 1. The Balaban J connectivity index is 1.92. The van der Waals surface area contributed by atoms with E-state index in [9.17, 15) is 4.79 Å². The largest absolute Gasteiger partial charge is 0.461 e. The third-order valence-corrected chi connectivity index (χ3v) is 2.59. The second-order valence-electron chi connectivity index (χ2n) is 3.50. The van der Waals surface area contributed by atoms with Crippen LogP contribution in [-0.4, -0.2) is 24.7 Å². The minimum absolute atomic E-state index is 0.149. The standard InChI is InChI=1S/C8H13NO2/c1-5(10)11-8-3-6-2-7(8)9-4-6/h6-9H,2-4H2,1H3/t6-,7+,8+/m0/s1. The van der Waals surface area contributed by atoms with Crippen molar-refractivity contribution >= 4 is 5.97 Å². The molecule has 3 nitrogen and oxygen atoms in total. The zero-order chi connectivity index (χ0) is 7.84. The summed E-state index contributed by atoms with van der Waals surface area (Å²) in [4.78, 5) is 10.6. The molecule has 2 rings (SSSR count). The van der Waals surface area contributed by atoms with Gasteiger partial charge in [0.25, 0.3) is 0 Å². The molecule has 11 heavy (non-hydrogen) atoms. The Morgan fingerprint density at radius 2 is 2.36 bits per heavy atom. The van der Waals surface area contributed by atoms with Crippen LogP contribution in [-0.2, 0) is 9.53 Å². The zero-order valence-corrected chi connectivity index (χ0v) is 6.67. The normalized spacial score (nSPS) is 41.0. The molecule has 0 unspecified atom stereocenters. The molecular formula is C8H13NO2. The van der Waals surface area contributed by atoms with E-state index in [1.54, 1.807) is 0 Å². The monoisotopic (exact) mass is 155 g/mol. The number of piperidine rings is 1. The fourth-order valence-corrected chi connectivity index (χ4v) is 2.14. The van der Waals surface area contributed by atoms with Crippen molar-refractivity contribution in [1.29, 1.82) is 0 Å². The van der Waals surface area contributed by atoms with Gasteiger partial charge in [-0.3, -0.25) is 4.79 Å². The van der Waals surface area contributed by atoms with Crippen LogP contribution in [0.5, 0.6) is 0 Å². The van der Waals surface area contributed by atoms with Crippen molar-refractivity contribution in [2.45, 2.75) is 31.9 Å². The van der Waals surface area contributed by atoms with Gasteiger partial charge in [0.15, 0.2) is 0 Å². The Hall–Kier alpha value is -0.570. The molecule has 0 radical (unpaired) electrons. The molecule has 0 aromatic heterocycles. The van der Waals surface area contributed by atoms with Gasteiger partial charge in [-0.05, 0) is 25.3 Å². The lowest BCUT2D eigenvalue weighted by Crippen LogP contribution is -2.39. The molecule has 1 aliphatic carbocycles. The lowest BCUT2D eigenvalue weighted by atomic mass is 10.1. The molecule has 1 heterocycles. The first kappa shape index (κ1) is 7.10. The first-order valence-corrected chi connectivity index (χ1v) is 4.16. The van der Waals surface area contributed by atoms with E-state index in [4.69, 9.17) is 4.74 Å². The van der Waals surface area contributed by atoms with E-state index in [0.717, 1.165) is 18.9 Å². The molecule has 2 aliphatic rings. The zero-order valence-electron chi connectivity index (χ0n) is 6.67. The van der Waals surface area contributed by atoms with Gasteiger partial charge in [-0.1, -0.05) is 0 Å². The summed E-state index contributed by atoms with van der Waals surface area (Å²) >= 11 is 0. The van der Waals surface area contributed by atoms with Gasteiger partial charge in [-0.15, -0.1) is 0 Å². The highest BCUT2D eigenvalue weighted by Crippen LogP contribution is 2.32. The van der Waals surface area contributed by atoms with E-state index in [0.29, 0.717) is 6.04 Å². The summed E-state index contributed by atoms with van der Waals surface area (Å²) in [5, 5.41) is 3.33. The maximum absolute atomic E-state index is 10.6. The SMILES string of the molecule is CC(=O)O[C@@H]1C[C@H]2CN[C@@H]1C2. The predicted molar refractivity (Wildman–Crippen MR) is 40.1 cm³/mol. The Kier molecular flexibility index (Phi) is 1.60. The van der Waals surface area contributed by atoms with Crippen LogP contribution < -0.4 is 5.32 Å². The second-order valence-corrected chi connectivity index (χ2v) is 3.50. The van der Waals surface area contributed by atoms with Gasteiger partial charge in [-0.2, -0.15) is 0 Å². The van der Waals surface area contributed by atoms with Crippen molar-refractivity contribution in [3.05, 3.63) is 0 Å². The van der Waals surface area contributed by atoms with Crippen molar-refractivity contribution in [1.82, 2.24) is 5.32 Å². The molecule has 0 spiro atoms. The van der Waals surface area contributed by atoms with Crippen LogP contribution in [0.4, 0.5) is 0 Å². The lowest BCUT2D eigenvalue weighted by Gasteiger charge is -2.21. The molecule has 2 bridgehead atoms. The number of carbonyl (C=O) groups is 1. The summed E-state index contributed by atoms with van der Waals surface area (Å²) in [6, 6.07) is 0.448. The topological polar surface area (TPSA) is 38.3 Å². The van der Waals surface area contributed by atoms with E-state index < -0.39 is 0 Å². The van der Waals surface area contributed by atoms with Crippen LogP contribution in [0.25, 0.3) is 0 Å². The fourth-order valence-electron chi connectivity index (χ4n) is 2.14. The quantitative estimate of drug-likeness (QED) is 0.553. The molecule has 62 valence electrons. The summed E-state index contributed by atoms with van der Waals surface area (Å²) in [5.74, 6) is 0.605. The maximum Gasteiger partial charge on any atom is 0.302 e. The molecule has 1 aliphatic heterocycles. The number of fused-ring (bicyclic) bond motifs is 2. The van der Waals surface area contributed by atoms with E-state index >= 15 is 0 Å². The molecule has 1 N–H and O–H groups in total. The molecule has 0 aromatic rings. The van der Waals surface area contributed by atoms with Crippen LogP contribution in [0.15, 0.2) is 0 Å². The van der Waals surface area contributed by atoms with Gasteiger partial charge >= 0.3 is 5.97 Å². The Labute approximate surface area is 66.1 Å². The summed E-state index contributed by atoms with van der Waals surface area (Å²) in [7, 11) is 0. The molecule has 0 amide bonds. The van der Waals surface area contributed by atoms with Crippen molar-refractivity contribution in [2.24, 2.45) is 5.92 Å². The van der Waals surface area contributed by atoms with Crippen LogP contribution in [0.1, 0.15) is 19.8 Å². The van der Waals surface area contributed by atoms with Crippen molar-refractivity contribution in [3.63, 3.8) is 0 Å². The number of hydrogen-bond acceptors (Lipinski definition) is 3. The van der Waals surface area contributed by atoms with E-state index in [-0.39, 0.29) is 12.1 Å². The summed E-state index contributed by atoms with van der Waals surface area (Å²) < 4.78 is 5.14. The first-order chi connectivity index (χ1) is 5.25. The van der Waals surface area contributed by atoms with Crippen LogP contribution in [0.2, 0.25) is 0 Å². The smallest absolute Gasteiger partial charge is 0.302 e. The van der Waals surface area contributed by atoms with Crippen molar-refractivity contribution < 1.29 is 9.53 Å². The average Bonchev–Trinajstić information content (AvgIpc) is 2.45. The van der Waals surface area contributed by atoms with Gasteiger partial charge < -0.3 is 10.1 Å². The van der Waals surface area contributed by atoms with Gasteiger partial charge in [-0.25, -0.2) is 0 Å². The fraction of sp³-hybridized carbons (Fsp3) is 0.875. The minimum atomic E-state index is -0.149. The Bertz CT molecular complexity index is 181. The number of esters is 1. The van der Waals surface area contributed by atoms with Crippen molar-refractivity contribution in [2.75, 3.05) is 6.54 Å². The second kappa shape index (κ2) is 2.48. The molecule has 1 saturated heterocycles. The number of carbonyl (C=O) groups excluding carboxylic acids is 1. The van der Waals surface area contributed by atoms with Gasteiger partial charge in [0.05, 0.1) is 0 Å². The van der Waals surface area contributed by atoms with E-state index in [1.165, 1.54) is 13.3 Å². The van der Waals surface area contributed by atoms with Gasteiger partial charge in [0.1, 0.15) is 6.10 Å². The maximum atomic E-state index is 10.6. The third kappa shape index (κ3) is 1.25. The van der Waals surface area contributed by atoms with Crippen molar-refractivity contribution in [3.8, 4) is 0 Å². The lowest BCUT2D eigenvalue weighted by molar-refractivity contribution is -0.147. The van der Waals surface area contributed by atoms with Crippen LogP contribution >= 0.6 is 0 Å². The van der Waals surface area contributed by atoms with Gasteiger partial charge in [0.2, 0.25) is 0 Å². The summed E-state index contributed by atoms with van der Waals surface area (Å²) in [6.07, 6.45) is 2.42. The summed E-state index contributed by atoms with van der Waals surface area (Å²) in [5.41, 5.74) is 0. The minimum Gasteiger partial charge on any atom is -0.461 e. The first-order valence-electron chi connectivity index (χ1n) is 4.16. The third-order valence-electron chi connectivity index (χ3n) is 2.59. The average molecular weight is 155 g/mol. The van der Waals surface area contributed by atoms with Crippen LogP contribution in [0, 0.1) is 5.92 Å². The number of hydrogen-bond donors (Lipinski definition) is 1. The molecule has 1 saturated carbocycles. The molecule has 3 heteroatoms.